The van der Waals surface area contributed by atoms with Crippen LogP contribution >= 0.6 is 0 Å². The van der Waals surface area contributed by atoms with E-state index in [2.05, 4.69) is 65.6 Å². The minimum atomic E-state index is -0.340. The summed E-state index contributed by atoms with van der Waals surface area (Å²) >= 11 is 0. The Labute approximate surface area is 180 Å². The maximum absolute atomic E-state index is 6.63. The van der Waals surface area contributed by atoms with Crippen molar-refractivity contribution in [3.63, 3.8) is 0 Å². The second-order valence-corrected chi connectivity index (χ2v) is 9.12. The molecule has 0 N–H and O–H groups in total. The van der Waals surface area contributed by atoms with Gasteiger partial charge in [-0.2, -0.15) is 0 Å². The second kappa shape index (κ2) is 9.19. The van der Waals surface area contributed by atoms with Crippen molar-refractivity contribution >= 4 is 0 Å². The van der Waals surface area contributed by atoms with Crippen molar-refractivity contribution in [3.05, 3.63) is 71.8 Å². The zero-order chi connectivity index (χ0) is 20.2. The van der Waals surface area contributed by atoms with Gasteiger partial charge in [0, 0.05) is 38.9 Å². The molecule has 2 saturated heterocycles. The first-order chi connectivity index (χ1) is 14.8. The van der Waals surface area contributed by atoms with E-state index in [-0.39, 0.29) is 24.1 Å². The molecule has 160 valence electrons. The van der Waals surface area contributed by atoms with Gasteiger partial charge in [-0.15, -0.1) is 0 Å². The van der Waals surface area contributed by atoms with Crippen molar-refractivity contribution in [2.75, 3.05) is 13.1 Å². The van der Waals surface area contributed by atoms with E-state index in [1.165, 1.54) is 30.4 Å². The van der Waals surface area contributed by atoms with Gasteiger partial charge in [0.25, 0.3) is 0 Å². The van der Waals surface area contributed by atoms with Gasteiger partial charge in [-0.25, -0.2) is 0 Å². The highest BCUT2D eigenvalue weighted by atomic mass is 16.8. The van der Waals surface area contributed by atoms with Crippen LogP contribution in [-0.2, 0) is 27.4 Å². The van der Waals surface area contributed by atoms with Crippen LogP contribution in [0, 0.1) is 0 Å². The van der Waals surface area contributed by atoms with Crippen LogP contribution < -0.4 is 0 Å². The van der Waals surface area contributed by atoms with E-state index in [0.717, 1.165) is 38.9 Å². The van der Waals surface area contributed by atoms with Crippen LogP contribution in [0.4, 0.5) is 0 Å². The Morgan fingerprint density at radius 2 is 1.47 bits per heavy atom. The highest BCUT2D eigenvalue weighted by molar-refractivity contribution is 5.15. The van der Waals surface area contributed by atoms with Crippen molar-refractivity contribution in [1.82, 2.24) is 4.90 Å². The molecule has 2 heterocycles. The average Bonchev–Trinajstić information content (AvgIpc) is 3.00. The highest BCUT2D eigenvalue weighted by Gasteiger charge is 2.50. The van der Waals surface area contributed by atoms with E-state index in [9.17, 15) is 0 Å². The summed E-state index contributed by atoms with van der Waals surface area (Å²) in [5.74, 6) is -0.340. The molecule has 1 spiro atoms. The molecule has 0 bridgehead atoms. The third-order valence-corrected chi connectivity index (χ3v) is 6.74. The monoisotopic (exact) mass is 407 g/mol. The quantitative estimate of drug-likeness (QED) is 0.704. The fourth-order valence-corrected chi connectivity index (χ4v) is 5.24. The molecular weight excluding hydrogens is 374 g/mol. The summed E-state index contributed by atoms with van der Waals surface area (Å²) in [6.45, 7) is 3.39. The molecular formula is C26H33NO3. The molecule has 1 aliphatic carbocycles. The molecule has 2 aliphatic heterocycles. The van der Waals surface area contributed by atoms with Crippen LogP contribution in [0.3, 0.4) is 0 Å². The topological polar surface area (TPSA) is 30.9 Å². The number of fused-ring (bicyclic) bond motifs is 1. The number of hydrogen-bond donors (Lipinski definition) is 0. The van der Waals surface area contributed by atoms with Gasteiger partial charge in [0.1, 0.15) is 0 Å². The molecule has 0 aromatic heterocycles. The van der Waals surface area contributed by atoms with Crippen molar-refractivity contribution in [3.8, 4) is 0 Å². The maximum atomic E-state index is 6.63. The van der Waals surface area contributed by atoms with Crippen molar-refractivity contribution in [1.29, 1.82) is 0 Å². The summed E-state index contributed by atoms with van der Waals surface area (Å²) in [5.41, 5.74) is 2.56. The van der Waals surface area contributed by atoms with E-state index >= 15 is 0 Å². The number of ether oxygens (including phenoxy) is 3. The Hall–Kier alpha value is -1.72. The van der Waals surface area contributed by atoms with Gasteiger partial charge >= 0.3 is 0 Å². The Balaban J connectivity index is 1.30. The van der Waals surface area contributed by atoms with E-state index in [0.29, 0.717) is 6.61 Å². The third-order valence-electron chi connectivity index (χ3n) is 6.74. The van der Waals surface area contributed by atoms with Crippen molar-refractivity contribution in [2.24, 2.45) is 0 Å². The number of benzene rings is 2. The highest BCUT2D eigenvalue weighted by Crippen LogP contribution is 2.43. The minimum absolute atomic E-state index is 0.129. The van der Waals surface area contributed by atoms with Crippen LogP contribution in [0.2, 0.25) is 0 Å². The van der Waals surface area contributed by atoms with Gasteiger partial charge in [-0.05, 0) is 24.0 Å². The summed E-state index contributed by atoms with van der Waals surface area (Å²) in [4.78, 5) is 2.50. The molecule has 2 aromatic carbocycles. The molecule has 3 atom stereocenters. The standard InChI is InChI=1S/C26H33NO3/c1-4-10-21(11-5-1)17-27-18-23(28-20-22-12-6-2-7-13-22)16-24-25(19-27)30-26(29-24)14-8-3-9-15-26/h1-2,4-7,10-13,23-25H,3,8-9,14-20H2/t23-,24+,25-/m0/s1. The lowest BCUT2D eigenvalue weighted by Crippen LogP contribution is -2.38. The summed E-state index contributed by atoms with van der Waals surface area (Å²) in [5, 5.41) is 0. The fourth-order valence-electron chi connectivity index (χ4n) is 5.24. The van der Waals surface area contributed by atoms with E-state index in [4.69, 9.17) is 14.2 Å². The van der Waals surface area contributed by atoms with E-state index < -0.39 is 0 Å². The largest absolute Gasteiger partial charge is 0.372 e. The predicted octanol–water partition coefficient (Wildman–Crippen LogP) is 4.92. The molecule has 0 unspecified atom stereocenters. The maximum Gasteiger partial charge on any atom is 0.169 e. The lowest BCUT2D eigenvalue weighted by atomic mass is 9.94. The SMILES string of the molecule is c1ccc(CO[C@H]2C[C@H]3OC4(CCCCC4)O[C@H]3CN(Cc3ccccc3)C2)cc1. The molecule has 4 nitrogen and oxygen atoms in total. The lowest BCUT2D eigenvalue weighted by molar-refractivity contribution is -0.199. The van der Waals surface area contributed by atoms with Crippen LogP contribution in [0.15, 0.2) is 60.7 Å². The number of likely N-dealkylation sites (tertiary alicyclic amines) is 1. The van der Waals surface area contributed by atoms with Crippen molar-refractivity contribution < 1.29 is 14.2 Å². The lowest BCUT2D eigenvalue weighted by Gasteiger charge is -2.33. The molecule has 3 fully saturated rings. The molecule has 2 aromatic rings. The Morgan fingerprint density at radius 3 is 2.20 bits per heavy atom. The van der Waals surface area contributed by atoms with Crippen LogP contribution in [-0.4, -0.2) is 42.1 Å². The van der Waals surface area contributed by atoms with Crippen LogP contribution in [0.5, 0.6) is 0 Å². The Bertz CT molecular complexity index is 790. The molecule has 1 saturated carbocycles. The van der Waals surface area contributed by atoms with Crippen molar-refractivity contribution in [2.45, 2.75) is 75.8 Å². The molecule has 4 heteroatoms. The first-order valence-corrected chi connectivity index (χ1v) is 11.6. The van der Waals surface area contributed by atoms with E-state index in [1.54, 1.807) is 0 Å². The summed E-state index contributed by atoms with van der Waals surface area (Å²) in [7, 11) is 0. The minimum Gasteiger partial charge on any atom is -0.372 e. The van der Waals surface area contributed by atoms with Gasteiger partial charge in [0.05, 0.1) is 24.9 Å². The summed E-state index contributed by atoms with van der Waals surface area (Å²) < 4.78 is 19.7. The van der Waals surface area contributed by atoms with Crippen LogP contribution in [0.25, 0.3) is 0 Å². The first-order valence-electron chi connectivity index (χ1n) is 11.6. The zero-order valence-electron chi connectivity index (χ0n) is 17.7. The van der Waals surface area contributed by atoms with Gasteiger partial charge in [-0.3, -0.25) is 4.90 Å². The Morgan fingerprint density at radius 1 is 0.800 bits per heavy atom. The average molecular weight is 408 g/mol. The molecule has 0 amide bonds. The normalized spacial score (nSPS) is 28.9. The first kappa shape index (κ1) is 20.2. The van der Waals surface area contributed by atoms with Gasteiger partial charge in [0.2, 0.25) is 0 Å². The third kappa shape index (κ3) is 4.78. The predicted molar refractivity (Wildman–Crippen MR) is 117 cm³/mol. The fraction of sp³-hybridized carbons (Fsp3) is 0.538. The number of hydrogen-bond acceptors (Lipinski definition) is 4. The van der Waals surface area contributed by atoms with Crippen LogP contribution in [0.1, 0.15) is 49.7 Å². The number of rotatable bonds is 5. The molecule has 0 radical (unpaired) electrons. The molecule has 5 rings (SSSR count). The second-order valence-electron chi connectivity index (χ2n) is 9.12. The summed E-state index contributed by atoms with van der Waals surface area (Å²) in [6.07, 6.45) is 7.11. The Kier molecular flexibility index (Phi) is 6.19. The smallest absolute Gasteiger partial charge is 0.169 e. The number of nitrogens with zero attached hydrogens (tertiary/aromatic N) is 1. The molecule has 30 heavy (non-hydrogen) atoms. The summed E-state index contributed by atoms with van der Waals surface area (Å²) in [6, 6.07) is 21.2. The van der Waals surface area contributed by atoms with Gasteiger partial charge < -0.3 is 14.2 Å². The molecule has 3 aliphatic rings. The van der Waals surface area contributed by atoms with Gasteiger partial charge in [0.15, 0.2) is 5.79 Å². The zero-order valence-corrected chi connectivity index (χ0v) is 17.7. The van der Waals surface area contributed by atoms with E-state index in [1.807, 2.05) is 0 Å². The van der Waals surface area contributed by atoms with Gasteiger partial charge in [-0.1, -0.05) is 67.1 Å².